The molecule has 4 N–H and O–H groups in total. The molecule has 1 rings (SSSR count). The van der Waals surface area contributed by atoms with E-state index in [0.29, 0.717) is 0 Å². The minimum Gasteiger partial charge on any atom is -0.412 e. The molecule has 1 atom stereocenters. The summed E-state index contributed by atoms with van der Waals surface area (Å²) in [6.07, 6.45) is 13.5. The van der Waals surface area contributed by atoms with Crippen LogP contribution in [-0.2, 0) is 0 Å². The molecule has 0 heterocycles. The number of rotatable bonds is 11. The van der Waals surface area contributed by atoms with E-state index < -0.39 is 0 Å². The zero-order chi connectivity index (χ0) is 15.5. The van der Waals surface area contributed by atoms with Gasteiger partial charge in [0.25, 0.3) is 0 Å². The number of benzene rings is 1. The molecule has 0 radical (unpaired) electrons. The molecule has 1 aromatic rings. The van der Waals surface area contributed by atoms with Crippen LogP contribution in [0.2, 0.25) is 0 Å². The highest BCUT2D eigenvalue weighted by Gasteiger charge is 2.09. The van der Waals surface area contributed by atoms with E-state index >= 15 is 0 Å². The smallest absolute Gasteiger partial charge is 0.0297 e. The first-order valence-electron chi connectivity index (χ1n) is 8.98. The largest absolute Gasteiger partial charge is 0.412 e. The van der Waals surface area contributed by atoms with Gasteiger partial charge in [-0.15, -0.1) is 0 Å². The number of aryl methyl sites for hydroxylation is 1. The van der Waals surface area contributed by atoms with Gasteiger partial charge in [-0.05, 0) is 37.0 Å². The molecule has 0 saturated carbocycles. The van der Waals surface area contributed by atoms with Gasteiger partial charge in [0.1, 0.15) is 0 Å². The van der Waals surface area contributed by atoms with Crippen LogP contribution in [0.25, 0.3) is 0 Å². The summed E-state index contributed by atoms with van der Waals surface area (Å²) in [5.41, 5.74) is 10.4. The van der Waals surface area contributed by atoms with E-state index in [1.54, 1.807) is 0 Å². The minimum atomic E-state index is 0. The quantitative estimate of drug-likeness (QED) is 0.547. The van der Waals surface area contributed by atoms with Crippen molar-refractivity contribution >= 4 is 0 Å². The van der Waals surface area contributed by atoms with E-state index in [-0.39, 0.29) is 11.5 Å². The van der Waals surface area contributed by atoms with E-state index in [9.17, 15) is 0 Å². The zero-order valence-electron chi connectivity index (χ0n) is 15.0. The molecule has 0 bridgehead atoms. The Bertz CT molecular complexity index is 389. The fourth-order valence-electron chi connectivity index (χ4n) is 3.01. The average molecular weight is 308 g/mol. The molecule has 0 aromatic heterocycles. The van der Waals surface area contributed by atoms with Crippen LogP contribution in [0.5, 0.6) is 0 Å². The number of nitrogens with two attached hydrogens (primary N) is 1. The summed E-state index contributed by atoms with van der Waals surface area (Å²) < 4.78 is 0. The summed E-state index contributed by atoms with van der Waals surface area (Å²) in [6.45, 7) is 6.64. The van der Waals surface area contributed by atoms with Gasteiger partial charge in [0.05, 0.1) is 0 Å². The number of hydrogen-bond acceptors (Lipinski definition) is 1. The third kappa shape index (κ3) is 7.95. The van der Waals surface area contributed by atoms with Crippen LogP contribution in [0.1, 0.15) is 93.9 Å². The van der Waals surface area contributed by atoms with Gasteiger partial charge in [0, 0.05) is 6.04 Å². The molecular formula is C20H37NO. The Balaban J connectivity index is 0.00000441. The molecule has 1 unspecified atom stereocenters. The predicted molar refractivity (Wildman–Crippen MR) is 98.3 cm³/mol. The van der Waals surface area contributed by atoms with Crippen LogP contribution >= 0.6 is 0 Å². The van der Waals surface area contributed by atoms with Crippen LogP contribution < -0.4 is 5.73 Å². The predicted octanol–water partition coefficient (Wildman–Crippen LogP) is 5.40. The van der Waals surface area contributed by atoms with Gasteiger partial charge in [-0.2, -0.15) is 0 Å². The average Bonchev–Trinajstić information content (AvgIpc) is 2.48. The highest BCUT2D eigenvalue weighted by Crippen LogP contribution is 2.23. The lowest BCUT2D eigenvalue weighted by atomic mass is 9.94. The lowest BCUT2D eigenvalue weighted by Crippen LogP contribution is -2.12. The lowest BCUT2D eigenvalue weighted by Gasteiger charge is -2.16. The summed E-state index contributed by atoms with van der Waals surface area (Å²) in [5, 5.41) is 0. The van der Waals surface area contributed by atoms with Crippen LogP contribution in [-0.4, -0.2) is 5.48 Å². The molecule has 0 saturated heterocycles. The van der Waals surface area contributed by atoms with Crippen molar-refractivity contribution in [2.45, 2.75) is 91.0 Å². The van der Waals surface area contributed by atoms with Gasteiger partial charge >= 0.3 is 0 Å². The highest BCUT2D eigenvalue weighted by molar-refractivity contribution is 5.35. The summed E-state index contributed by atoms with van der Waals surface area (Å²) in [5.74, 6) is 0. The van der Waals surface area contributed by atoms with Crippen LogP contribution in [0, 0.1) is 13.8 Å². The van der Waals surface area contributed by atoms with Gasteiger partial charge in [-0.1, -0.05) is 82.9 Å². The van der Waals surface area contributed by atoms with Crippen molar-refractivity contribution in [3.8, 4) is 0 Å². The lowest BCUT2D eigenvalue weighted by molar-refractivity contribution is 0.531. The summed E-state index contributed by atoms with van der Waals surface area (Å²) in [4.78, 5) is 0. The number of hydrogen-bond donors (Lipinski definition) is 1. The van der Waals surface area contributed by atoms with E-state index in [1.165, 1.54) is 74.5 Å². The van der Waals surface area contributed by atoms with Crippen LogP contribution in [0.15, 0.2) is 18.2 Å². The van der Waals surface area contributed by atoms with Gasteiger partial charge in [-0.3, -0.25) is 0 Å². The number of unbranched alkanes of at least 4 members (excludes halogenated alkanes) is 8. The van der Waals surface area contributed by atoms with Gasteiger partial charge in [0.15, 0.2) is 0 Å². The van der Waals surface area contributed by atoms with Crippen molar-refractivity contribution in [2.24, 2.45) is 5.73 Å². The fraction of sp³-hybridized carbons (Fsp3) is 0.700. The van der Waals surface area contributed by atoms with Crippen molar-refractivity contribution in [1.82, 2.24) is 0 Å². The Morgan fingerprint density at radius 2 is 1.41 bits per heavy atom. The van der Waals surface area contributed by atoms with E-state index in [4.69, 9.17) is 5.73 Å². The van der Waals surface area contributed by atoms with Gasteiger partial charge < -0.3 is 11.2 Å². The maximum atomic E-state index is 6.36. The van der Waals surface area contributed by atoms with Crippen molar-refractivity contribution in [1.29, 1.82) is 0 Å². The van der Waals surface area contributed by atoms with Crippen molar-refractivity contribution in [3.05, 3.63) is 34.9 Å². The van der Waals surface area contributed by atoms with Crippen molar-refractivity contribution < 1.29 is 5.48 Å². The van der Waals surface area contributed by atoms with Crippen molar-refractivity contribution in [2.75, 3.05) is 0 Å². The second-order valence-corrected chi connectivity index (χ2v) is 6.51. The first-order valence-corrected chi connectivity index (χ1v) is 8.98. The van der Waals surface area contributed by atoms with Crippen LogP contribution in [0.4, 0.5) is 0 Å². The maximum Gasteiger partial charge on any atom is 0.0297 e. The summed E-state index contributed by atoms with van der Waals surface area (Å²) >= 11 is 0. The third-order valence-electron chi connectivity index (χ3n) is 4.66. The van der Waals surface area contributed by atoms with Gasteiger partial charge in [-0.25, -0.2) is 0 Å². The van der Waals surface area contributed by atoms with E-state index in [0.717, 1.165) is 6.42 Å². The summed E-state index contributed by atoms with van der Waals surface area (Å²) in [6, 6.07) is 6.72. The third-order valence-corrected chi connectivity index (χ3v) is 4.66. The minimum absolute atomic E-state index is 0. The van der Waals surface area contributed by atoms with Crippen LogP contribution in [0.3, 0.4) is 0 Å². The Morgan fingerprint density at radius 3 is 2.00 bits per heavy atom. The topological polar surface area (TPSA) is 57.5 Å². The fourth-order valence-corrected chi connectivity index (χ4v) is 3.01. The first-order chi connectivity index (χ1) is 10.2. The molecule has 1 aromatic carbocycles. The standard InChI is InChI=1S/C20H35N.H2O/c1-4-5-6-7-8-9-10-11-12-16-20(21)19-15-13-14-17(2)18(19)3;/h13-15,20H,4-12,16,21H2,1-3H3;1H2. The van der Waals surface area contributed by atoms with E-state index in [1.807, 2.05) is 0 Å². The molecule has 0 aliphatic heterocycles. The Kier molecular flexibility index (Phi) is 12.2. The van der Waals surface area contributed by atoms with Crippen molar-refractivity contribution in [3.63, 3.8) is 0 Å². The molecule has 0 spiro atoms. The molecule has 22 heavy (non-hydrogen) atoms. The second kappa shape index (κ2) is 12.7. The Labute approximate surface area is 137 Å². The molecular weight excluding hydrogens is 270 g/mol. The molecule has 2 nitrogen and oxygen atoms in total. The Morgan fingerprint density at radius 1 is 0.864 bits per heavy atom. The first kappa shape index (κ1) is 21.1. The zero-order valence-corrected chi connectivity index (χ0v) is 15.0. The monoisotopic (exact) mass is 307 g/mol. The SMILES string of the molecule is CCCCCCCCCCCC(N)c1cccc(C)c1C.O. The van der Waals surface area contributed by atoms with E-state index in [2.05, 4.69) is 39.0 Å². The Hall–Kier alpha value is -0.860. The molecule has 0 aliphatic carbocycles. The normalized spacial score (nSPS) is 12.0. The molecule has 0 aliphatic rings. The molecule has 128 valence electrons. The highest BCUT2D eigenvalue weighted by atomic mass is 16.0. The molecule has 2 heteroatoms. The maximum absolute atomic E-state index is 6.36. The second-order valence-electron chi connectivity index (χ2n) is 6.51. The molecule has 0 amide bonds. The summed E-state index contributed by atoms with van der Waals surface area (Å²) in [7, 11) is 0. The van der Waals surface area contributed by atoms with Gasteiger partial charge in [0.2, 0.25) is 0 Å². The molecule has 0 fully saturated rings.